The molecule has 0 rings (SSSR count). The minimum Gasteiger partial charge on any atom is -0.452 e. The molecule has 0 bridgehead atoms. The van der Waals surface area contributed by atoms with Crippen molar-refractivity contribution in [2.75, 3.05) is 12.5 Å². The molecule has 22 heavy (non-hydrogen) atoms. The molecule has 0 saturated carbocycles. The van der Waals surface area contributed by atoms with Crippen LogP contribution in [-0.4, -0.2) is 23.4 Å². The average Bonchev–Trinajstić information content (AvgIpc) is 2.46. The number of hydrogen-bond acceptors (Lipinski definition) is 3. The summed E-state index contributed by atoms with van der Waals surface area (Å²) in [6.45, 7) is 7.18. The van der Waals surface area contributed by atoms with Crippen molar-refractivity contribution in [2.45, 2.75) is 78.1 Å². The maximum absolute atomic E-state index is 11.8. The van der Waals surface area contributed by atoms with E-state index in [1.54, 1.807) is 0 Å². The standard InChI is InChI=1S/C17H33O4P/c1-4-5-6-7-8-9-10-11-12-13-14-22(19,20)15-21-17(18)16(2)3/h2,4-15H2,1,3H3,(H,19,20). The van der Waals surface area contributed by atoms with E-state index in [0.29, 0.717) is 6.42 Å². The van der Waals surface area contributed by atoms with Crippen molar-refractivity contribution in [2.24, 2.45) is 0 Å². The second kappa shape index (κ2) is 12.9. The zero-order valence-electron chi connectivity index (χ0n) is 14.3. The van der Waals surface area contributed by atoms with Gasteiger partial charge in [-0.3, -0.25) is 4.57 Å². The van der Waals surface area contributed by atoms with Crippen molar-refractivity contribution < 1.29 is 19.0 Å². The van der Waals surface area contributed by atoms with E-state index >= 15 is 0 Å². The molecule has 0 aliphatic carbocycles. The Morgan fingerprint density at radius 1 is 1.00 bits per heavy atom. The monoisotopic (exact) mass is 332 g/mol. The second-order valence-electron chi connectivity index (χ2n) is 6.09. The van der Waals surface area contributed by atoms with Crippen LogP contribution in [0.15, 0.2) is 12.2 Å². The predicted molar refractivity (Wildman–Crippen MR) is 92.3 cm³/mol. The first kappa shape index (κ1) is 21.4. The van der Waals surface area contributed by atoms with Crippen LogP contribution in [-0.2, 0) is 14.1 Å². The van der Waals surface area contributed by atoms with Gasteiger partial charge in [-0.05, 0) is 13.3 Å². The summed E-state index contributed by atoms with van der Waals surface area (Å²) in [6.07, 6.45) is 11.7. The maximum atomic E-state index is 11.8. The third-order valence-electron chi connectivity index (χ3n) is 3.61. The highest BCUT2D eigenvalue weighted by Crippen LogP contribution is 2.41. The van der Waals surface area contributed by atoms with Crippen LogP contribution in [0.4, 0.5) is 0 Å². The topological polar surface area (TPSA) is 63.6 Å². The molecule has 0 aromatic heterocycles. The van der Waals surface area contributed by atoms with Gasteiger partial charge in [0.05, 0.1) is 0 Å². The molecule has 130 valence electrons. The van der Waals surface area contributed by atoms with E-state index < -0.39 is 19.7 Å². The first-order valence-corrected chi connectivity index (χ1v) is 10.6. The number of unbranched alkanes of at least 4 members (excludes halogenated alkanes) is 9. The summed E-state index contributed by atoms with van der Waals surface area (Å²) in [6, 6.07) is 0. The molecular weight excluding hydrogens is 299 g/mol. The van der Waals surface area contributed by atoms with Crippen LogP contribution in [0, 0.1) is 0 Å². The van der Waals surface area contributed by atoms with Gasteiger partial charge in [0.1, 0.15) is 0 Å². The smallest absolute Gasteiger partial charge is 0.333 e. The van der Waals surface area contributed by atoms with Crippen LogP contribution >= 0.6 is 7.37 Å². The Balaban J connectivity index is 3.51. The van der Waals surface area contributed by atoms with E-state index in [-0.39, 0.29) is 11.7 Å². The summed E-state index contributed by atoms with van der Waals surface area (Å²) in [5.41, 5.74) is 0.249. The molecule has 4 nitrogen and oxygen atoms in total. The predicted octanol–water partition coefficient (Wildman–Crippen LogP) is 5.25. The molecule has 5 heteroatoms. The third-order valence-corrected chi connectivity index (χ3v) is 5.15. The summed E-state index contributed by atoms with van der Waals surface area (Å²) in [7, 11) is -3.34. The number of carbonyl (C=O) groups excluding carboxylic acids is 1. The fraction of sp³-hybridized carbons (Fsp3) is 0.824. The number of ether oxygens (including phenoxy) is 1. The van der Waals surface area contributed by atoms with Gasteiger partial charge in [-0.25, -0.2) is 4.79 Å². The van der Waals surface area contributed by atoms with E-state index in [9.17, 15) is 14.3 Å². The lowest BCUT2D eigenvalue weighted by molar-refractivity contribution is -0.137. The Morgan fingerprint density at radius 3 is 1.91 bits per heavy atom. The van der Waals surface area contributed by atoms with Crippen LogP contribution in [0.2, 0.25) is 0 Å². The highest BCUT2D eigenvalue weighted by molar-refractivity contribution is 7.57. The summed E-state index contributed by atoms with van der Waals surface area (Å²) in [5, 5.41) is 0. The molecular formula is C17H33O4P. The first-order chi connectivity index (χ1) is 10.4. The quantitative estimate of drug-likeness (QED) is 0.204. The van der Waals surface area contributed by atoms with E-state index in [4.69, 9.17) is 4.74 Å². The minimum absolute atomic E-state index is 0.229. The summed E-state index contributed by atoms with van der Waals surface area (Å²) in [5.74, 6) is -0.600. The maximum Gasteiger partial charge on any atom is 0.333 e. The Hall–Kier alpha value is -0.600. The van der Waals surface area contributed by atoms with Gasteiger partial charge in [0.2, 0.25) is 7.37 Å². The van der Waals surface area contributed by atoms with Crippen LogP contribution in [0.3, 0.4) is 0 Å². The van der Waals surface area contributed by atoms with Gasteiger partial charge in [-0.2, -0.15) is 0 Å². The van der Waals surface area contributed by atoms with Gasteiger partial charge in [0.25, 0.3) is 0 Å². The molecule has 0 heterocycles. The molecule has 1 unspecified atom stereocenters. The number of hydrogen-bond donors (Lipinski definition) is 1. The normalized spacial score (nSPS) is 13.6. The van der Waals surface area contributed by atoms with Crippen molar-refractivity contribution in [1.29, 1.82) is 0 Å². The van der Waals surface area contributed by atoms with Crippen molar-refractivity contribution in [3.05, 3.63) is 12.2 Å². The minimum atomic E-state index is -3.34. The van der Waals surface area contributed by atoms with E-state index in [2.05, 4.69) is 13.5 Å². The largest absolute Gasteiger partial charge is 0.452 e. The zero-order chi connectivity index (χ0) is 16.8. The Kier molecular flexibility index (Phi) is 12.5. The number of esters is 1. The first-order valence-electron chi connectivity index (χ1n) is 8.52. The fourth-order valence-electron chi connectivity index (χ4n) is 2.19. The number of carbonyl (C=O) groups is 1. The van der Waals surface area contributed by atoms with Crippen LogP contribution < -0.4 is 0 Å². The van der Waals surface area contributed by atoms with Crippen molar-refractivity contribution in [3.8, 4) is 0 Å². The highest BCUT2D eigenvalue weighted by Gasteiger charge is 2.20. The molecule has 0 aliphatic rings. The molecule has 1 N–H and O–H groups in total. The highest BCUT2D eigenvalue weighted by atomic mass is 31.2. The van der Waals surface area contributed by atoms with Crippen LogP contribution in [0.1, 0.15) is 78.1 Å². The molecule has 0 spiro atoms. The van der Waals surface area contributed by atoms with Crippen molar-refractivity contribution in [3.63, 3.8) is 0 Å². The average molecular weight is 332 g/mol. The van der Waals surface area contributed by atoms with Crippen LogP contribution in [0.25, 0.3) is 0 Å². The zero-order valence-corrected chi connectivity index (χ0v) is 15.2. The van der Waals surface area contributed by atoms with Gasteiger partial charge >= 0.3 is 5.97 Å². The lowest BCUT2D eigenvalue weighted by Gasteiger charge is -2.12. The Morgan fingerprint density at radius 2 is 1.45 bits per heavy atom. The van der Waals surface area contributed by atoms with Gasteiger partial charge in [-0.1, -0.05) is 71.3 Å². The lowest BCUT2D eigenvalue weighted by atomic mass is 10.1. The van der Waals surface area contributed by atoms with Crippen LogP contribution in [0.5, 0.6) is 0 Å². The SMILES string of the molecule is C=C(C)C(=O)OCP(=O)(O)CCCCCCCCCCCC. The van der Waals surface area contributed by atoms with Crippen molar-refractivity contribution >= 4 is 13.3 Å². The summed E-state index contributed by atoms with van der Waals surface area (Å²) in [4.78, 5) is 20.9. The van der Waals surface area contributed by atoms with Gasteiger partial charge in [0, 0.05) is 11.7 Å². The molecule has 0 aromatic rings. The van der Waals surface area contributed by atoms with E-state index in [1.807, 2.05) is 0 Å². The molecule has 0 aromatic carbocycles. The van der Waals surface area contributed by atoms with Gasteiger partial charge in [0.15, 0.2) is 6.35 Å². The third kappa shape index (κ3) is 13.1. The van der Waals surface area contributed by atoms with Crippen molar-refractivity contribution in [1.82, 2.24) is 0 Å². The van der Waals surface area contributed by atoms with E-state index in [1.165, 1.54) is 51.9 Å². The molecule has 0 aliphatic heterocycles. The molecule has 0 saturated heterocycles. The molecule has 0 fully saturated rings. The van der Waals surface area contributed by atoms with Gasteiger partial charge in [-0.15, -0.1) is 0 Å². The Bertz CT molecular complexity index is 366. The lowest BCUT2D eigenvalue weighted by Crippen LogP contribution is -2.08. The summed E-state index contributed by atoms with van der Waals surface area (Å²) < 4.78 is 16.6. The second-order valence-corrected chi connectivity index (χ2v) is 8.49. The number of rotatable bonds is 14. The fourth-order valence-corrected chi connectivity index (χ4v) is 3.36. The van der Waals surface area contributed by atoms with Gasteiger partial charge < -0.3 is 9.63 Å². The molecule has 1 atom stereocenters. The summed E-state index contributed by atoms with van der Waals surface area (Å²) >= 11 is 0. The molecule has 0 radical (unpaired) electrons. The molecule has 0 amide bonds. The Labute approximate surface area is 135 Å². The van der Waals surface area contributed by atoms with E-state index in [0.717, 1.165) is 12.8 Å².